The summed E-state index contributed by atoms with van der Waals surface area (Å²) in [6.45, 7) is 6.17. The largest absolute Gasteiger partial charge is 0.507 e. The molecule has 2 aromatic rings. The smallest absolute Gasteiger partial charge is 0.273 e. The molecule has 4 amide bonds. The van der Waals surface area contributed by atoms with Crippen molar-refractivity contribution in [3.8, 4) is 11.5 Å². The number of amides is 4. The van der Waals surface area contributed by atoms with E-state index in [1.807, 2.05) is 13.0 Å². The molecule has 1 atom stereocenters. The third-order valence-electron chi connectivity index (χ3n) is 7.58. The molecule has 2 aromatic carbocycles. The second kappa shape index (κ2) is 20.0. The fraction of sp³-hybridized carbons (Fsp3) is 0.529. The molecule has 0 bridgehead atoms. The van der Waals surface area contributed by atoms with Crippen LogP contribution in [0.15, 0.2) is 36.4 Å². The van der Waals surface area contributed by atoms with Gasteiger partial charge in [-0.3, -0.25) is 40.9 Å². The number of benzene rings is 2. The molecule has 10 heteroatoms. The van der Waals surface area contributed by atoms with Crippen LogP contribution < -0.4 is 21.7 Å². The third-order valence-corrected chi connectivity index (χ3v) is 7.58. The van der Waals surface area contributed by atoms with Crippen molar-refractivity contribution < 1.29 is 29.4 Å². The maximum atomic E-state index is 12.8. The summed E-state index contributed by atoms with van der Waals surface area (Å²) >= 11 is 0. The lowest BCUT2D eigenvalue weighted by Gasteiger charge is -2.17. The topological polar surface area (TPSA) is 157 Å². The number of carbonyl (C=O) groups excluding carboxylic acids is 4. The first-order chi connectivity index (χ1) is 21.2. The molecule has 0 aromatic heterocycles. The van der Waals surface area contributed by atoms with Gasteiger partial charge in [0.25, 0.3) is 11.8 Å². The second-order valence-corrected chi connectivity index (χ2v) is 11.3. The number of hydrogen-bond donors (Lipinski definition) is 6. The highest BCUT2D eigenvalue weighted by molar-refractivity contribution is 5.98. The number of hydrogen-bond acceptors (Lipinski definition) is 6. The van der Waals surface area contributed by atoms with Crippen molar-refractivity contribution in [3.63, 3.8) is 0 Å². The molecule has 0 aliphatic heterocycles. The van der Waals surface area contributed by atoms with E-state index in [1.54, 1.807) is 30.3 Å². The van der Waals surface area contributed by atoms with Crippen LogP contribution in [0.5, 0.6) is 11.5 Å². The van der Waals surface area contributed by atoms with Crippen LogP contribution in [-0.4, -0.2) is 33.8 Å². The normalized spacial score (nSPS) is 11.4. The van der Waals surface area contributed by atoms with E-state index < -0.39 is 11.8 Å². The average molecular weight is 611 g/mol. The van der Waals surface area contributed by atoms with Gasteiger partial charge in [0.15, 0.2) is 0 Å². The minimum atomic E-state index is -0.577. The molecular weight excluding hydrogens is 560 g/mol. The molecule has 0 saturated carbocycles. The standard InChI is InChI=1S/C34H50N4O6/c1-4-7-14-24-18-20-27(29(39)22-24)33(43)37-35-31(41)17-12-10-9-11-16-26(13-6-3)32(42)36-38-34(44)28-21-19-25(15-8-5-2)23-30(28)40/h18-23,26,39-40H,4-17H2,1-3H3,(H,35,41)(H,36,42)(H,37,43)(H,38,44). The van der Waals surface area contributed by atoms with Gasteiger partial charge in [0.05, 0.1) is 11.1 Å². The second-order valence-electron chi connectivity index (χ2n) is 11.3. The van der Waals surface area contributed by atoms with Crippen LogP contribution in [0.1, 0.15) is 130 Å². The number of nitrogens with one attached hydrogen (secondary N) is 4. The highest BCUT2D eigenvalue weighted by atomic mass is 16.3. The van der Waals surface area contributed by atoms with Gasteiger partial charge in [-0.25, -0.2) is 0 Å². The van der Waals surface area contributed by atoms with Crippen molar-refractivity contribution >= 4 is 23.6 Å². The van der Waals surface area contributed by atoms with Gasteiger partial charge < -0.3 is 10.2 Å². The van der Waals surface area contributed by atoms with E-state index >= 15 is 0 Å². The summed E-state index contributed by atoms with van der Waals surface area (Å²) in [6.07, 6.45) is 11.1. The Morgan fingerprint density at radius 3 is 1.64 bits per heavy atom. The SMILES string of the molecule is CCCCc1ccc(C(=O)NNC(=O)CCCCCCC(CCC)C(=O)NNC(=O)c2ccc(CCCC)cc2O)c(O)c1. The van der Waals surface area contributed by atoms with E-state index in [-0.39, 0.29) is 46.8 Å². The molecule has 0 heterocycles. The lowest BCUT2D eigenvalue weighted by Crippen LogP contribution is -2.44. The van der Waals surface area contributed by atoms with Crippen LogP contribution in [-0.2, 0) is 22.4 Å². The first-order valence-electron chi connectivity index (χ1n) is 16.0. The van der Waals surface area contributed by atoms with E-state index in [4.69, 9.17) is 0 Å². The van der Waals surface area contributed by atoms with Crippen LogP contribution in [0.4, 0.5) is 0 Å². The first kappa shape index (κ1) is 36.1. The molecule has 0 saturated heterocycles. The van der Waals surface area contributed by atoms with Gasteiger partial charge in [0, 0.05) is 12.3 Å². The summed E-state index contributed by atoms with van der Waals surface area (Å²) in [6, 6.07) is 9.90. The van der Waals surface area contributed by atoms with Gasteiger partial charge in [-0.2, -0.15) is 0 Å². The Labute approximate surface area is 261 Å². The minimum Gasteiger partial charge on any atom is -0.507 e. The molecule has 1 unspecified atom stereocenters. The fourth-order valence-corrected chi connectivity index (χ4v) is 4.94. The number of phenolic OH excluding ortho intramolecular Hbond substituents is 2. The number of aromatic hydroxyl groups is 2. The van der Waals surface area contributed by atoms with Gasteiger partial charge in [-0.1, -0.05) is 71.4 Å². The summed E-state index contributed by atoms with van der Waals surface area (Å²) in [5, 5.41) is 20.4. The van der Waals surface area contributed by atoms with Gasteiger partial charge in [0.1, 0.15) is 11.5 Å². The zero-order valence-electron chi connectivity index (χ0n) is 26.5. The number of phenols is 2. The maximum Gasteiger partial charge on any atom is 0.273 e. The molecule has 6 N–H and O–H groups in total. The predicted molar refractivity (Wildman–Crippen MR) is 171 cm³/mol. The van der Waals surface area contributed by atoms with E-state index in [9.17, 15) is 29.4 Å². The van der Waals surface area contributed by atoms with Crippen LogP contribution in [0.2, 0.25) is 0 Å². The Balaban J connectivity index is 1.67. The van der Waals surface area contributed by atoms with Crippen molar-refractivity contribution in [2.75, 3.05) is 0 Å². The molecule has 44 heavy (non-hydrogen) atoms. The number of hydrazine groups is 2. The monoisotopic (exact) mass is 610 g/mol. The van der Waals surface area contributed by atoms with Crippen molar-refractivity contribution in [1.29, 1.82) is 0 Å². The molecule has 0 aliphatic carbocycles. The maximum absolute atomic E-state index is 12.8. The lowest BCUT2D eigenvalue weighted by atomic mass is 9.95. The zero-order chi connectivity index (χ0) is 32.3. The molecule has 2 rings (SSSR count). The summed E-state index contributed by atoms with van der Waals surface area (Å²) in [5.74, 6) is -2.23. The van der Waals surface area contributed by atoms with E-state index in [0.29, 0.717) is 19.3 Å². The van der Waals surface area contributed by atoms with Gasteiger partial charge >= 0.3 is 0 Å². The summed E-state index contributed by atoms with van der Waals surface area (Å²) < 4.78 is 0. The summed E-state index contributed by atoms with van der Waals surface area (Å²) in [5.41, 5.74) is 11.8. The van der Waals surface area contributed by atoms with Crippen LogP contribution in [0.3, 0.4) is 0 Å². The predicted octanol–water partition coefficient (Wildman–Crippen LogP) is 5.76. The highest BCUT2D eigenvalue weighted by Gasteiger charge is 2.19. The molecular formula is C34H50N4O6. The Morgan fingerprint density at radius 1 is 0.614 bits per heavy atom. The number of unbranched alkanes of at least 4 members (excludes halogenated alkanes) is 5. The summed E-state index contributed by atoms with van der Waals surface area (Å²) in [4.78, 5) is 49.8. The minimum absolute atomic E-state index is 0.102. The fourth-order valence-electron chi connectivity index (χ4n) is 4.94. The molecule has 0 fully saturated rings. The lowest BCUT2D eigenvalue weighted by molar-refractivity contribution is -0.126. The van der Waals surface area contributed by atoms with Crippen LogP contribution in [0.25, 0.3) is 0 Å². The molecule has 0 spiro atoms. The third kappa shape index (κ3) is 12.7. The van der Waals surface area contributed by atoms with Crippen molar-refractivity contribution in [2.45, 2.75) is 111 Å². The number of rotatable bonds is 18. The van der Waals surface area contributed by atoms with Gasteiger partial charge in [-0.15, -0.1) is 0 Å². The van der Waals surface area contributed by atoms with Gasteiger partial charge in [0.2, 0.25) is 11.8 Å². The summed E-state index contributed by atoms with van der Waals surface area (Å²) in [7, 11) is 0. The number of aryl methyl sites for hydroxylation is 2. The van der Waals surface area contributed by atoms with E-state index in [2.05, 4.69) is 35.6 Å². The van der Waals surface area contributed by atoms with Crippen molar-refractivity contribution in [2.24, 2.45) is 5.92 Å². The van der Waals surface area contributed by atoms with E-state index in [0.717, 1.165) is 75.3 Å². The van der Waals surface area contributed by atoms with Gasteiger partial charge in [-0.05, 0) is 80.3 Å². The van der Waals surface area contributed by atoms with Crippen LogP contribution >= 0.6 is 0 Å². The molecule has 0 radical (unpaired) electrons. The highest BCUT2D eigenvalue weighted by Crippen LogP contribution is 2.21. The number of carbonyl (C=O) groups is 4. The molecule has 242 valence electrons. The molecule has 0 aliphatic rings. The zero-order valence-corrected chi connectivity index (χ0v) is 26.5. The molecule has 10 nitrogen and oxygen atoms in total. The average Bonchev–Trinajstić information content (AvgIpc) is 3.01. The Kier molecular flexibility index (Phi) is 16.4. The first-order valence-corrected chi connectivity index (χ1v) is 16.0. The van der Waals surface area contributed by atoms with Crippen molar-refractivity contribution in [1.82, 2.24) is 21.7 Å². The van der Waals surface area contributed by atoms with Crippen LogP contribution in [0, 0.1) is 5.92 Å². The quantitative estimate of drug-likeness (QED) is 0.0930. The van der Waals surface area contributed by atoms with E-state index in [1.165, 1.54) is 0 Å². The Morgan fingerprint density at radius 2 is 1.14 bits per heavy atom. The van der Waals surface area contributed by atoms with Crippen molar-refractivity contribution in [3.05, 3.63) is 58.7 Å². The Bertz CT molecular complexity index is 1230. The Hall–Kier alpha value is -4.08.